The molecule has 0 spiro atoms. The Morgan fingerprint density at radius 3 is 2.38 bits per heavy atom. The Hall–Kier alpha value is -2.11. The number of halogens is 1. The lowest BCUT2D eigenvalue weighted by Crippen LogP contribution is -2.51. The van der Waals surface area contributed by atoms with Crippen LogP contribution in [0, 0.1) is 5.82 Å². The molecule has 1 aliphatic rings. The number of carbonyl (C=O) groups is 2. The molecule has 0 saturated heterocycles. The molecule has 0 bridgehead atoms. The molecule has 1 saturated carbocycles. The lowest BCUT2D eigenvalue weighted by Gasteiger charge is -2.22. The number of rotatable bonds is 7. The molecule has 1 aliphatic carbocycles. The summed E-state index contributed by atoms with van der Waals surface area (Å²) in [4.78, 5) is 24.7. The highest BCUT2D eigenvalue weighted by molar-refractivity contribution is 5.87. The molecule has 5 nitrogen and oxygen atoms in total. The third kappa shape index (κ3) is 7.02. The van der Waals surface area contributed by atoms with Crippen molar-refractivity contribution in [3.8, 4) is 0 Å². The van der Waals surface area contributed by atoms with Crippen LogP contribution in [0.3, 0.4) is 0 Å². The van der Waals surface area contributed by atoms with E-state index in [4.69, 9.17) is 0 Å². The second-order valence-corrected chi connectivity index (χ2v) is 6.99. The predicted octanol–water partition coefficient (Wildman–Crippen LogP) is 3.63. The molecule has 0 unspecified atom stereocenters. The molecule has 3 amide bonds. The van der Waals surface area contributed by atoms with Crippen molar-refractivity contribution < 1.29 is 14.0 Å². The molecule has 1 fully saturated rings. The average molecular weight is 363 g/mol. The van der Waals surface area contributed by atoms with Crippen LogP contribution in [0.5, 0.6) is 0 Å². The van der Waals surface area contributed by atoms with Crippen molar-refractivity contribution in [1.82, 2.24) is 16.0 Å². The van der Waals surface area contributed by atoms with Gasteiger partial charge >= 0.3 is 6.03 Å². The molecule has 6 heteroatoms. The first kappa shape index (κ1) is 20.2. The van der Waals surface area contributed by atoms with Crippen LogP contribution in [0.2, 0.25) is 0 Å². The van der Waals surface area contributed by atoms with E-state index in [-0.39, 0.29) is 30.3 Å². The molecule has 1 atom stereocenters. The third-order valence-corrected chi connectivity index (χ3v) is 4.77. The van der Waals surface area contributed by atoms with Gasteiger partial charge in [-0.3, -0.25) is 4.79 Å². The van der Waals surface area contributed by atoms with Crippen LogP contribution < -0.4 is 16.0 Å². The van der Waals surface area contributed by atoms with Crippen molar-refractivity contribution in [2.75, 3.05) is 0 Å². The minimum Gasteiger partial charge on any atom is -0.352 e. The number of amides is 3. The first-order valence-corrected chi connectivity index (χ1v) is 9.67. The van der Waals surface area contributed by atoms with Crippen LogP contribution in [0.4, 0.5) is 9.18 Å². The minimum atomic E-state index is -0.531. The quantitative estimate of drug-likeness (QED) is 0.648. The van der Waals surface area contributed by atoms with Gasteiger partial charge in [-0.2, -0.15) is 0 Å². The van der Waals surface area contributed by atoms with Gasteiger partial charge < -0.3 is 16.0 Å². The van der Waals surface area contributed by atoms with Gasteiger partial charge in [0.1, 0.15) is 11.9 Å². The average Bonchev–Trinajstić information content (AvgIpc) is 2.89. The van der Waals surface area contributed by atoms with E-state index in [0.717, 1.165) is 37.7 Å². The molecule has 144 valence electrons. The van der Waals surface area contributed by atoms with E-state index in [9.17, 15) is 14.0 Å². The van der Waals surface area contributed by atoms with Crippen molar-refractivity contribution in [3.63, 3.8) is 0 Å². The maximum absolute atomic E-state index is 12.9. The van der Waals surface area contributed by atoms with Crippen molar-refractivity contribution in [1.29, 1.82) is 0 Å². The Balaban J connectivity index is 1.81. The molecular weight excluding hydrogens is 333 g/mol. The van der Waals surface area contributed by atoms with Gasteiger partial charge in [-0.25, -0.2) is 9.18 Å². The Morgan fingerprint density at radius 2 is 1.77 bits per heavy atom. The molecular formula is C20H30FN3O2. The number of carbonyl (C=O) groups excluding carboxylic acids is 2. The Morgan fingerprint density at radius 1 is 1.12 bits per heavy atom. The van der Waals surface area contributed by atoms with Crippen LogP contribution in [0.25, 0.3) is 0 Å². The highest BCUT2D eigenvalue weighted by Gasteiger charge is 2.23. The summed E-state index contributed by atoms with van der Waals surface area (Å²) >= 11 is 0. The number of nitrogens with one attached hydrogen (secondary N) is 3. The van der Waals surface area contributed by atoms with Crippen molar-refractivity contribution in [3.05, 3.63) is 35.6 Å². The molecule has 1 aromatic carbocycles. The summed E-state index contributed by atoms with van der Waals surface area (Å²) in [7, 11) is 0. The highest BCUT2D eigenvalue weighted by atomic mass is 19.1. The molecule has 0 aliphatic heterocycles. The fourth-order valence-corrected chi connectivity index (χ4v) is 3.28. The number of hydrogen-bond donors (Lipinski definition) is 3. The van der Waals surface area contributed by atoms with Crippen LogP contribution in [-0.2, 0) is 11.3 Å². The molecule has 0 radical (unpaired) electrons. The molecule has 3 N–H and O–H groups in total. The topological polar surface area (TPSA) is 70.2 Å². The zero-order valence-electron chi connectivity index (χ0n) is 15.5. The van der Waals surface area contributed by atoms with E-state index in [1.807, 2.05) is 6.92 Å². The van der Waals surface area contributed by atoms with Crippen LogP contribution in [0.15, 0.2) is 24.3 Å². The zero-order valence-corrected chi connectivity index (χ0v) is 15.5. The summed E-state index contributed by atoms with van der Waals surface area (Å²) in [6.45, 7) is 2.28. The van der Waals surface area contributed by atoms with E-state index < -0.39 is 6.04 Å². The lowest BCUT2D eigenvalue weighted by atomic mass is 10.1. The van der Waals surface area contributed by atoms with E-state index in [1.54, 1.807) is 12.1 Å². The SMILES string of the molecule is CCC[C@H](NC(=O)NCc1ccc(F)cc1)C(=O)NC1CCCCCC1. The zero-order chi connectivity index (χ0) is 18.8. The number of hydrogen-bond acceptors (Lipinski definition) is 2. The molecule has 1 aromatic rings. The number of urea groups is 1. The van der Waals surface area contributed by atoms with Gasteiger partial charge in [0.25, 0.3) is 0 Å². The summed E-state index contributed by atoms with van der Waals surface area (Å²) < 4.78 is 12.9. The Labute approximate surface area is 155 Å². The van der Waals surface area contributed by atoms with Crippen molar-refractivity contribution >= 4 is 11.9 Å². The summed E-state index contributed by atoms with van der Waals surface area (Å²) in [5, 5.41) is 8.60. The molecule has 26 heavy (non-hydrogen) atoms. The van der Waals surface area contributed by atoms with E-state index in [2.05, 4.69) is 16.0 Å². The van der Waals surface area contributed by atoms with Gasteiger partial charge in [-0.05, 0) is 37.0 Å². The smallest absolute Gasteiger partial charge is 0.315 e. The lowest BCUT2D eigenvalue weighted by molar-refractivity contribution is -0.123. The van der Waals surface area contributed by atoms with Crippen LogP contribution in [-0.4, -0.2) is 24.0 Å². The highest BCUT2D eigenvalue weighted by Crippen LogP contribution is 2.17. The van der Waals surface area contributed by atoms with Gasteiger partial charge in [0.2, 0.25) is 5.91 Å². The first-order chi connectivity index (χ1) is 12.6. The Kier molecular flexibility index (Phi) is 8.38. The van der Waals surface area contributed by atoms with Gasteiger partial charge in [0.15, 0.2) is 0 Å². The largest absolute Gasteiger partial charge is 0.352 e. The summed E-state index contributed by atoms with van der Waals surface area (Å²) in [5.74, 6) is -0.410. The van der Waals surface area contributed by atoms with E-state index in [1.165, 1.54) is 25.0 Å². The molecule has 0 aromatic heterocycles. The fraction of sp³-hybridized carbons (Fsp3) is 0.600. The second kappa shape index (κ2) is 10.8. The Bertz CT molecular complexity index is 569. The molecule has 2 rings (SSSR count). The molecule has 0 heterocycles. The first-order valence-electron chi connectivity index (χ1n) is 9.67. The summed E-state index contributed by atoms with van der Waals surface area (Å²) in [6, 6.07) is 5.26. The minimum absolute atomic E-state index is 0.101. The normalized spacial score (nSPS) is 16.4. The van der Waals surface area contributed by atoms with Gasteiger partial charge in [-0.15, -0.1) is 0 Å². The predicted molar refractivity (Wildman–Crippen MR) is 100 cm³/mol. The monoisotopic (exact) mass is 363 g/mol. The van der Waals surface area contributed by atoms with Gasteiger partial charge in [0, 0.05) is 12.6 Å². The van der Waals surface area contributed by atoms with E-state index >= 15 is 0 Å². The second-order valence-electron chi connectivity index (χ2n) is 6.99. The van der Waals surface area contributed by atoms with Gasteiger partial charge in [-0.1, -0.05) is 51.2 Å². The van der Waals surface area contributed by atoms with E-state index in [0.29, 0.717) is 6.42 Å². The van der Waals surface area contributed by atoms with Crippen molar-refractivity contribution in [2.45, 2.75) is 76.9 Å². The fourth-order valence-electron chi connectivity index (χ4n) is 3.28. The van der Waals surface area contributed by atoms with Gasteiger partial charge in [0.05, 0.1) is 0 Å². The number of benzene rings is 1. The standard InChI is InChI=1S/C20H30FN3O2/c1-2-7-18(19(25)23-17-8-5-3-4-6-9-17)24-20(26)22-14-15-10-12-16(21)13-11-15/h10-13,17-18H,2-9,14H2,1H3,(H,23,25)(H2,22,24,26)/t18-/m0/s1. The van der Waals surface area contributed by atoms with Crippen LogP contribution in [0.1, 0.15) is 63.9 Å². The summed E-state index contributed by atoms with van der Waals surface area (Å²) in [6.07, 6.45) is 8.19. The van der Waals surface area contributed by atoms with Crippen LogP contribution >= 0.6 is 0 Å². The maximum Gasteiger partial charge on any atom is 0.315 e. The summed E-state index contributed by atoms with van der Waals surface area (Å²) in [5.41, 5.74) is 0.802. The van der Waals surface area contributed by atoms with Crippen molar-refractivity contribution in [2.24, 2.45) is 0 Å². The maximum atomic E-state index is 12.9. The third-order valence-electron chi connectivity index (χ3n) is 4.77.